The fourth-order valence-corrected chi connectivity index (χ4v) is 3.61. The highest BCUT2D eigenvalue weighted by Gasteiger charge is 2.27. The summed E-state index contributed by atoms with van der Waals surface area (Å²) in [5.74, 6) is -0.547. The number of unbranched alkanes of at least 4 members (excludes halogenated alkanes) is 11. The average Bonchev–Trinajstić information content (AvgIpc) is 2.65. The second kappa shape index (κ2) is 19.2. The highest BCUT2D eigenvalue weighted by Crippen LogP contribution is 2.11. The third kappa shape index (κ3) is 14.8. The fourth-order valence-electron chi connectivity index (χ4n) is 3.61. The molecule has 0 rings (SSSR count). The normalized spacial score (nSPS) is 12.7. The maximum absolute atomic E-state index is 12.3. The van der Waals surface area contributed by atoms with Crippen molar-refractivity contribution in [3.63, 3.8) is 0 Å². The third-order valence-electron chi connectivity index (χ3n) is 5.28. The highest BCUT2D eigenvalue weighted by molar-refractivity contribution is 6.04. The standard InChI is InChI=1S/C24H46N2O2/c1-4-6-7-8-9-10-11-12-13-14-15-16-17-18-19-20-22(27)23(24(25)28)26(3)21-5-2/h12-13,23H,4-11,14-21H2,1-3H3,(H2,25,28)/b13-12-. The molecule has 0 saturated carbocycles. The van der Waals surface area contributed by atoms with E-state index in [9.17, 15) is 9.59 Å². The molecular weight excluding hydrogens is 348 g/mol. The van der Waals surface area contributed by atoms with Gasteiger partial charge in [-0.15, -0.1) is 0 Å². The Morgan fingerprint density at radius 2 is 1.29 bits per heavy atom. The molecule has 0 saturated heterocycles. The van der Waals surface area contributed by atoms with E-state index >= 15 is 0 Å². The number of carbonyl (C=O) groups is 2. The second-order valence-corrected chi connectivity index (χ2v) is 8.09. The molecule has 0 aromatic carbocycles. The Morgan fingerprint density at radius 1 is 0.786 bits per heavy atom. The molecule has 0 radical (unpaired) electrons. The lowest BCUT2D eigenvalue weighted by Crippen LogP contribution is -2.48. The highest BCUT2D eigenvalue weighted by atomic mass is 16.2. The third-order valence-corrected chi connectivity index (χ3v) is 5.28. The number of primary amides is 1. The Hall–Kier alpha value is -1.16. The number of amides is 1. The van der Waals surface area contributed by atoms with Crippen LogP contribution in [0.5, 0.6) is 0 Å². The SMILES string of the molecule is CCCCCCCC/C=C\CCCCCCCC(=O)C(C(N)=O)N(C)CCC. The van der Waals surface area contributed by atoms with E-state index in [1.54, 1.807) is 11.9 Å². The Morgan fingerprint density at radius 3 is 1.79 bits per heavy atom. The van der Waals surface area contributed by atoms with Crippen LogP contribution in [0.2, 0.25) is 0 Å². The number of nitrogens with two attached hydrogens (primary N) is 1. The molecule has 2 N–H and O–H groups in total. The van der Waals surface area contributed by atoms with Gasteiger partial charge >= 0.3 is 0 Å². The van der Waals surface area contributed by atoms with E-state index < -0.39 is 11.9 Å². The van der Waals surface area contributed by atoms with E-state index in [-0.39, 0.29) is 5.78 Å². The minimum Gasteiger partial charge on any atom is -0.368 e. The summed E-state index contributed by atoms with van der Waals surface area (Å²) in [6, 6.07) is -0.753. The van der Waals surface area contributed by atoms with Gasteiger partial charge in [0, 0.05) is 6.42 Å². The van der Waals surface area contributed by atoms with Gasteiger partial charge in [0.2, 0.25) is 5.91 Å². The van der Waals surface area contributed by atoms with Crippen molar-refractivity contribution < 1.29 is 9.59 Å². The molecule has 1 amide bonds. The smallest absolute Gasteiger partial charge is 0.242 e. The quantitative estimate of drug-likeness (QED) is 0.161. The zero-order chi connectivity index (χ0) is 21.0. The Bertz CT molecular complexity index is 421. The molecule has 0 aliphatic carbocycles. The minimum absolute atomic E-state index is 0.0268. The summed E-state index contributed by atoms with van der Waals surface area (Å²) in [4.78, 5) is 25.6. The van der Waals surface area contributed by atoms with Gasteiger partial charge < -0.3 is 5.73 Å². The van der Waals surface area contributed by atoms with Crippen molar-refractivity contribution >= 4 is 11.7 Å². The number of carbonyl (C=O) groups excluding carboxylic acids is 2. The lowest BCUT2D eigenvalue weighted by molar-refractivity contribution is -0.133. The van der Waals surface area contributed by atoms with Gasteiger partial charge in [-0.05, 0) is 52.1 Å². The summed E-state index contributed by atoms with van der Waals surface area (Å²) in [5, 5.41) is 0. The summed E-state index contributed by atoms with van der Waals surface area (Å²) < 4.78 is 0. The van der Waals surface area contributed by atoms with Gasteiger partial charge in [0.1, 0.15) is 6.04 Å². The summed E-state index contributed by atoms with van der Waals surface area (Å²) in [5.41, 5.74) is 5.42. The molecule has 0 spiro atoms. The molecule has 4 nitrogen and oxygen atoms in total. The van der Waals surface area contributed by atoms with Crippen molar-refractivity contribution in [3.05, 3.63) is 12.2 Å². The van der Waals surface area contributed by atoms with Gasteiger partial charge in [0.05, 0.1) is 0 Å². The first-order valence-corrected chi connectivity index (χ1v) is 11.7. The molecule has 164 valence electrons. The predicted molar refractivity (Wildman–Crippen MR) is 120 cm³/mol. The van der Waals surface area contributed by atoms with Gasteiger partial charge in [-0.3, -0.25) is 14.5 Å². The van der Waals surface area contributed by atoms with E-state index in [0.717, 1.165) is 25.7 Å². The van der Waals surface area contributed by atoms with Crippen molar-refractivity contribution in [3.8, 4) is 0 Å². The summed E-state index contributed by atoms with van der Waals surface area (Å²) in [7, 11) is 1.80. The van der Waals surface area contributed by atoms with Crippen LogP contribution in [0.3, 0.4) is 0 Å². The van der Waals surface area contributed by atoms with E-state index in [2.05, 4.69) is 19.1 Å². The van der Waals surface area contributed by atoms with Crippen molar-refractivity contribution in [2.24, 2.45) is 5.73 Å². The summed E-state index contributed by atoms with van der Waals surface area (Å²) in [6.45, 7) is 5.00. The molecule has 1 unspecified atom stereocenters. The van der Waals surface area contributed by atoms with Crippen LogP contribution in [0.1, 0.15) is 110 Å². The van der Waals surface area contributed by atoms with Crippen molar-refractivity contribution in [2.75, 3.05) is 13.6 Å². The molecule has 4 heteroatoms. The number of hydrogen-bond acceptors (Lipinski definition) is 3. The number of likely N-dealkylation sites (N-methyl/N-ethyl adjacent to an activating group) is 1. The van der Waals surface area contributed by atoms with Crippen LogP contribution in [0.25, 0.3) is 0 Å². The van der Waals surface area contributed by atoms with Crippen molar-refractivity contribution in [1.29, 1.82) is 0 Å². The Balaban J connectivity index is 3.61. The Kier molecular flexibility index (Phi) is 18.4. The summed E-state index contributed by atoms with van der Waals surface area (Å²) in [6.07, 6.45) is 22.1. The molecule has 1 atom stereocenters. The molecule has 0 aliphatic rings. The zero-order valence-electron chi connectivity index (χ0n) is 18.9. The molecular formula is C24H46N2O2. The van der Waals surface area contributed by atoms with Gasteiger partial charge in [-0.25, -0.2) is 0 Å². The summed E-state index contributed by atoms with van der Waals surface area (Å²) >= 11 is 0. The number of Topliss-reactive ketones (excluding diaryl/α,β-unsaturated/α-hetero) is 1. The first-order chi connectivity index (χ1) is 13.5. The van der Waals surface area contributed by atoms with Gasteiger partial charge in [0.15, 0.2) is 5.78 Å². The van der Waals surface area contributed by atoms with E-state index in [1.807, 2.05) is 6.92 Å². The van der Waals surface area contributed by atoms with Crippen LogP contribution in [-0.4, -0.2) is 36.2 Å². The van der Waals surface area contributed by atoms with Crippen molar-refractivity contribution in [2.45, 2.75) is 116 Å². The van der Waals surface area contributed by atoms with E-state index in [0.29, 0.717) is 13.0 Å². The van der Waals surface area contributed by atoms with Crippen LogP contribution in [-0.2, 0) is 9.59 Å². The first-order valence-electron chi connectivity index (χ1n) is 11.7. The number of rotatable bonds is 20. The second-order valence-electron chi connectivity index (χ2n) is 8.09. The number of ketones is 1. The lowest BCUT2D eigenvalue weighted by Gasteiger charge is -2.23. The molecule has 0 aliphatic heterocycles. The van der Waals surface area contributed by atoms with Crippen LogP contribution >= 0.6 is 0 Å². The predicted octanol–water partition coefficient (Wildman–Crippen LogP) is 5.79. The number of hydrogen-bond donors (Lipinski definition) is 1. The van der Waals surface area contributed by atoms with Crippen molar-refractivity contribution in [1.82, 2.24) is 4.90 Å². The van der Waals surface area contributed by atoms with E-state index in [1.165, 1.54) is 64.2 Å². The first kappa shape index (κ1) is 26.8. The molecule has 0 aromatic heterocycles. The monoisotopic (exact) mass is 394 g/mol. The van der Waals surface area contributed by atoms with Crippen LogP contribution in [0, 0.1) is 0 Å². The van der Waals surface area contributed by atoms with Gasteiger partial charge in [0.25, 0.3) is 0 Å². The topological polar surface area (TPSA) is 63.4 Å². The largest absolute Gasteiger partial charge is 0.368 e. The van der Waals surface area contributed by atoms with Gasteiger partial charge in [-0.1, -0.05) is 77.4 Å². The zero-order valence-corrected chi connectivity index (χ0v) is 18.9. The van der Waals surface area contributed by atoms with Crippen LogP contribution in [0.4, 0.5) is 0 Å². The van der Waals surface area contributed by atoms with E-state index in [4.69, 9.17) is 5.73 Å². The van der Waals surface area contributed by atoms with Crippen LogP contribution < -0.4 is 5.73 Å². The maximum atomic E-state index is 12.3. The average molecular weight is 395 g/mol. The molecule has 0 fully saturated rings. The molecule has 28 heavy (non-hydrogen) atoms. The van der Waals surface area contributed by atoms with Crippen LogP contribution in [0.15, 0.2) is 12.2 Å². The fraction of sp³-hybridized carbons (Fsp3) is 0.833. The number of allylic oxidation sites excluding steroid dienone is 2. The molecule has 0 bridgehead atoms. The maximum Gasteiger partial charge on any atom is 0.242 e. The minimum atomic E-state index is -0.753. The number of nitrogens with zero attached hydrogens (tertiary/aromatic N) is 1. The lowest BCUT2D eigenvalue weighted by atomic mass is 10.0. The Labute approximate surface area is 174 Å². The molecule has 0 heterocycles. The van der Waals surface area contributed by atoms with Gasteiger partial charge in [-0.2, -0.15) is 0 Å². The molecule has 0 aromatic rings.